The lowest BCUT2D eigenvalue weighted by Gasteiger charge is -2.37. The number of aryl methyl sites for hydroxylation is 1. The Bertz CT molecular complexity index is 912. The molecule has 188 valence electrons. The monoisotopic (exact) mass is 510 g/mol. The first-order valence-corrected chi connectivity index (χ1v) is 13.4. The Morgan fingerprint density at radius 1 is 1.21 bits per heavy atom. The summed E-state index contributed by atoms with van der Waals surface area (Å²) in [7, 11) is 1.46. The standard InChI is InChI=1S/C22H33ClF2N2O5S/c1-16-8-9-18(33(23,29)30)19(26-16)31-15-7-5-6-14-27(20(28)32-21(2,3)4)17-10-12-22(24,25)13-11-17/h8-9,17H,5-7,10-15H2,1-4H3. The van der Waals surface area contributed by atoms with Crippen molar-refractivity contribution in [3.05, 3.63) is 17.8 Å². The van der Waals surface area contributed by atoms with Crippen LogP contribution in [-0.4, -0.2) is 55.1 Å². The van der Waals surface area contributed by atoms with Gasteiger partial charge in [-0.3, -0.25) is 0 Å². The van der Waals surface area contributed by atoms with Crippen LogP contribution in [-0.2, 0) is 13.8 Å². The number of halogens is 3. The molecule has 11 heteroatoms. The molecular formula is C22H33ClF2N2O5S. The zero-order chi connectivity index (χ0) is 24.9. The molecule has 0 spiro atoms. The predicted molar refractivity (Wildman–Crippen MR) is 122 cm³/mol. The lowest BCUT2D eigenvalue weighted by Crippen LogP contribution is -2.46. The Morgan fingerprint density at radius 2 is 1.85 bits per heavy atom. The Morgan fingerprint density at radius 3 is 2.42 bits per heavy atom. The van der Waals surface area contributed by atoms with Gasteiger partial charge < -0.3 is 14.4 Å². The number of hydrogen-bond donors (Lipinski definition) is 0. The molecule has 1 amide bonds. The molecule has 1 fully saturated rings. The van der Waals surface area contributed by atoms with Crippen LogP contribution in [0, 0.1) is 6.92 Å². The van der Waals surface area contributed by atoms with Crippen molar-refractivity contribution in [2.24, 2.45) is 0 Å². The average Bonchev–Trinajstić information content (AvgIpc) is 2.65. The fraction of sp³-hybridized carbons (Fsp3) is 0.727. The highest BCUT2D eigenvalue weighted by Crippen LogP contribution is 2.35. The van der Waals surface area contributed by atoms with Crippen LogP contribution in [0.1, 0.15) is 71.4 Å². The molecule has 33 heavy (non-hydrogen) atoms. The van der Waals surface area contributed by atoms with E-state index < -0.39 is 26.7 Å². The van der Waals surface area contributed by atoms with Gasteiger partial charge in [-0.25, -0.2) is 27.0 Å². The van der Waals surface area contributed by atoms with Gasteiger partial charge in [0.1, 0.15) is 10.5 Å². The maximum absolute atomic E-state index is 13.6. The van der Waals surface area contributed by atoms with E-state index >= 15 is 0 Å². The molecule has 0 saturated heterocycles. The van der Waals surface area contributed by atoms with Crippen LogP contribution in [0.15, 0.2) is 17.0 Å². The highest BCUT2D eigenvalue weighted by molar-refractivity contribution is 8.13. The lowest BCUT2D eigenvalue weighted by atomic mass is 9.91. The summed E-state index contributed by atoms with van der Waals surface area (Å²) in [6.45, 7) is 7.62. The summed E-state index contributed by atoms with van der Waals surface area (Å²) in [4.78, 5) is 18.2. The smallest absolute Gasteiger partial charge is 0.410 e. The molecular weight excluding hydrogens is 478 g/mol. The van der Waals surface area contributed by atoms with Crippen molar-refractivity contribution in [2.75, 3.05) is 13.2 Å². The number of carbonyl (C=O) groups excluding carboxylic acids is 1. The number of carbonyl (C=O) groups is 1. The zero-order valence-electron chi connectivity index (χ0n) is 19.6. The maximum atomic E-state index is 13.6. The summed E-state index contributed by atoms with van der Waals surface area (Å²) >= 11 is 0. The van der Waals surface area contributed by atoms with Gasteiger partial charge in [0.15, 0.2) is 0 Å². The zero-order valence-corrected chi connectivity index (χ0v) is 21.1. The number of ether oxygens (including phenoxy) is 2. The molecule has 1 saturated carbocycles. The van der Waals surface area contributed by atoms with Gasteiger partial charge in [-0.15, -0.1) is 0 Å². The van der Waals surface area contributed by atoms with Crippen LogP contribution >= 0.6 is 10.7 Å². The van der Waals surface area contributed by atoms with Gasteiger partial charge in [-0.2, -0.15) is 0 Å². The van der Waals surface area contributed by atoms with Gasteiger partial charge in [0, 0.05) is 41.8 Å². The summed E-state index contributed by atoms with van der Waals surface area (Å²) in [5.74, 6) is -2.71. The number of hydrogen-bond acceptors (Lipinski definition) is 6. The van der Waals surface area contributed by atoms with Gasteiger partial charge in [0.05, 0.1) is 6.61 Å². The number of amides is 1. The van der Waals surface area contributed by atoms with Crippen LogP contribution in [0.5, 0.6) is 5.88 Å². The van der Waals surface area contributed by atoms with Gasteiger partial charge in [0.2, 0.25) is 11.8 Å². The quantitative estimate of drug-likeness (QED) is 0.314. The summed E-state index contributed by atoms with van der Waals surface area (Å²) in [5, 5.41) is 0. The minimum Gasteiger partial charge on any atom is -0.477 e. The van der Waals surface area contributed by atoms with E-state index in [1.54, 1.807) is 32.6 Å². The lowest BCUT2D eigenvalue weighted by molar-refractivity contribution is -0.0571. The Balaban J connectivity index is 1.89. The van der Waals surface area contributed by atoms with E-state index in [9.17, 15) is 22.0 Å². The highest BCUT2D eigenvalue weighted by Gasteiger charge is 2.39. The second-order valence-electron chi connectivity index (χ2n) is 9.36. The molecule has 0 aromatic carbocycles. The van der Waals surface area contributed by atoms with Gasteiger partial charge in [0.25, 0.3) is 9.05 Å². The fourth-order valence-electron chi connectivity index (χ4n) is 3.62. The number of unbranched alkanes of at least 4 members (excludes halogenated alkanes) is 2. The van der Waals surface area contributed by atoms with E-state index in [0.29, 0.717) is 31.5 Å². The molecule has 1 heterocycles. The molecule has 0 bridgehead atoms. The summed E-state index contributed by atoms with van der Waals surface area (Å²) < 4.78 is 61.5. The summed E-state index contributed by atoms with van der Waals surface area (Å²) in [6.07, 6.45) is 1.40. The van der Waals surface area contributed by atoms with Crippen LogP contribution in [0.25, 0.3) is 0 Å². The number of pyridine rings is 1. The topological polar surface area (TPSA) is 85.8 Å². The molecule has 2 rings (SSSR count). The normalized spacial score (nSPS) is 16.9. The van der Waals surface area contributed by atoms with Crippen molar-refractivity contribution in [3.63, 3.8) is 0 Å². The van der Waals surface area contributed by atoms with E-state index in [-0.39, 0.29) is 49.1 Å². The van der Waals surface area contributed by atoms with E-state index in [0.717, 1.165) is 0 Å². The first-order chi connectivity index (χ1) is 15.2. The van der Waals surface area contributed by atoms with Gasteiger partial charge in [-0.05, 0) is 71.9 Å². The minimum atomic E-state index is -3.98. The van der Waals surface area contributed by atoms with Crippen LogP contribution in [0.3, 0.4) is 0 Å². The van der Waals surface area contributed by atoms with Crippen LogP contribution < -0.4 is 4.74 Å². The third-order valence-corrected chi connectivity index (χ3v) is 6.60. The molecule has 1 aromatic rings. The Labute approximate surface area is 199 Å². The second kappa shape index (κ2) is 11.2. The molecule has 0 atom stereocenters. The molecule has 7 nitrogen and oxygen atoms in total. The van der Waals surface area contributed by atoms with E-state index in [4.69, 9.17) is 20.2 Å². The number of rotatable bonds is 9. The molecule has 0 aliphatic heterocycles. The van der Waals surface area contributed by atoms with Crippen LogP contribution in [0.4, 0.5) is 13.6 Å². The second-order valence-corrected chi connectivity index (χ2v) is 11.9. The third-order valence-electron chi connectivity index (χ3n) is 5.26. The average molecular weight is 511 g/mol. The van der Waals surface area contributed by atoms with E-state index in [1.165, 1.54) is 12.1 Å². The summed E-state index contributed by atoms with van der Waals surface area (Å²) in [6, 6.07) is 2.62. The van der Waals surface area contributed by atoms with Crippen molar-refractivity contribution >= 4 is 25.8 Å². The van der Waals surface area contributed by atoms with Crippen molar-refractivity contribution in [2.45, 2.75) is 95.1 Å². The molecule has 0 radical (unpaired) electrons. The first kappa shape index (κ1) is 27.6. The first-order valence-electron chi connectivity index (χ1n) is 11.1. The SMILES string of the molecule is Cc1ccc(S(=O)(=O)Cl)c(OCCCCCN(C(=O)OC(C)(C)C)C2CCC(F)(F)CC2)n1. The maximum Gasteiger partial charge on any atom is 0.410 e. The molecule has 1 aromatic heterocycles. The highest BCUT2D eigenvalue weighted by atomic mass is 35.7. The number of aromatic nitrogens is 1. The third kappa shape index (κ3) is 9.23. The molecule has 0 N–H and O–H groups in total. The van der Waals surface area contributed by atoms with Crippen molar-refractivity contribution in [1.82, 2.24) is 9.88 Å². The fourth-order valence-corrected chi connectivity index (χ4v) is 4.52. The van der Waals surface area contributed by atoms with Gasteiger partial charge >= 0.3 is 6.09 Å². The Hall–Kier alpha value is -1.68. The van der Waals surface area contributed by atoms with Crippen molar-refractivity contribution < 1.29 is 31.5 Å². The van der Waals surface area contributed by atoms with Crippen molar-refractivity contribution in [3.8, 4) is 5.88 Å². The largest absolute Gasteiger partial charge is 0.477 e. The molecule has 0 unspecified atom stereocenters. The molecule has 1 aliphatic rings. The number of nitrogens with zero attached hydrogens (tertiary/aromatic N) is 2. The summed E-state index contributed by atoms with van der Waals surface area (Å²) in [5.41, 5.74) is -0.0802. The van der Waals surface area contributed by atoms with Crippen molar-refractivity contribution in [1.29, 1.82) is 0 Å². The van der Waals surface area contributed by atoms with Crippen LogP contribution in [0.2, 0.25) is 0 Å². The predicted octanol–water partition coefficient (Wildman–Crippen LogP) is 5.68. The van der Waals surface area contributed by atoms with Gasteiger partial charge in [-0.1, -0.05) is 0 Å². The van der Waals surface area contributed by atoms with E-state index in [2.05, 4.69) is 4.98 Å². The van der Waals surface area contributed by atoms with E-state index in [1.807, 2.05) is 0 Å². The Kier molecular flexibility index (Phi) is 9.32. The number of alkyl halides is 2. The minimum absolute atomic E-state index is 0.0384. The molecule has 1 aliphatic carbocycles.